The van der Waals surface area contributed by atoms with Gasteiger partial charge in [-0.05, 0) is 98.9 Å². The molecule has 0 radical (unpaired) electrons. The zero-order valence-electron chi connectivity index (χ0n) is 25.9. The molecular formula is C38H49N3. The van der Waals surface area contributed by atoms with E-state index in [1.54, 1.807) is 0 Å². The van der Waals surface area contributed by atoms with Crippen LogP contribution in [-0.2, 0) is 0 Å². The largest absolute Gasteiger partial charge is 0.382 e. The van der Waals surface area contributed by atoms with Crippen molar-refractivity contribution in [1.82, 2.24) is 0 Å². The normalized spacial score (nSPS) is 17.1. The molecule has 41 heavy (non-hydrogen) atoms. The van der Waals surface area contributed by atoms with Crippen LogP contribution in [0.2, 0.25) is 0 Å². The molecule has 3 heteroatoms. The number of rotatable bonds is 11. The molecule has 3 nitrogen and oxygen atoms in total. The van der Waals surface area contributed by atoms with Crippen molar-refractivity contribution < 1.29 is 0 Å². The number of hydrogen-bond donors (Lipinski definition) is 1. The van der Waals surface area contributed by atoms with Crippen LogP contribution >= 0.6 is 0 Å². The summed E-state index contributed by atoms with van der Waals surface area (Å²) in [4.78, 5) is 4.83. The molecule has 2 unspecified atom stereocenters. The van der Waals surface area contributed by atoms with Crippen LogP contribution in [0.4, 0.5) is 17.1 Å². The molecule has 1 aliphatic carbocycles. The lowest BCUT2D eigenvalue weighted by molar-refractivity contribution is 0.350. The highest BCUT2D eigenvalue weighted by Crippen LogP contribution is 2.40. The van der Waals surface area contributed by atoms with E-state index < -0.39 is 0 Å². The van der Waals surface area contributed by atoms with E-state index in [9.17, 15) is 0 Å². The van der Waals surface area contributed by atoms with Crippen LogP contribution in [0, 0.1) is 5.92 Å². The molecule has 0 saturated heterocycles. The van der Waals surface area contributed by atoms with E-state index in [0.29, 0.717) is 12.0 Å². The minimum absolute atomic E-state index is 0.152. The molecule has 0 spiro atoms. The number of anilines is 3. The van der Waals surface area contributed by atoms with Gasteiger partial charge in [-0.1, -0.05) is 74.4 Å². The molecule has 0 aromatic heterocycles. The van der Waals surface area contributed by atoms with Gasteiger partial charge in [0.2, 0.25) is 0 Å². The zero-order chi connectivity index (χ0) is 28.8. The summed E-state index contributed by atoms with van der Waals surface area (Å²) in [6.45, 7) is 15.4. The van der Waals surface area contributed by atoms with Crippen LogP contribution in [0.25, 0.3) is 10.8 Å². The maximum atomic E-state index is 3.97. The monoisotopic (exact) mass is 547 g/mol. The molecule has 0 heterocycles. The summed E-state index contributed by atoms with van der Waals surface area (Å²) in [5.41, 5.74) is 7.90. The van der Waals surface area contributed by atoms with Crippen molar-refractivity contribution in [2.24, 2.45) is 5.92 Å². The molecule has 1 N–H and O–H groups in total. The van der Waals surface area contributed by atoms with Gasteiger partial charge in [-0.25, -0.2) is 0 Å². The van der Waals surface area contributed by atoms with Crippen LogP contribution in [0.5, 0.6) is 0 Å². The number of nitrogens with zero attached hydrogens (tertiary/aromatic N) is 2. The first-order valence-corrected chi connectivity index (χ1v) is 16.1. The van der Waals surface area contributed by atoms with E-state index in [0.717, 1.165) is 26.2 Å². The lowest BCUT2D eigenvalue weighted by atomic mass is 9.82. The van der Waals surface area contributed by atoms with E-state index in [4.69, 9.17) is 0 Å². The third-order valence-electron chi connectivity index (χ3n) is 9.43. The van der Waals surface area contributed by atoms with Crippen molar-refractivity contribution in [3.63, 3.8) is 0 Å². The van der Waals surface area contributed by atoms with Crippen molar-refractivity contribution >= 4 is 27.8 Å². The van der Waals surface area contributed by atoms with Crippen molar-refractivity contribution in [1.29, 1.82) is 0 Å². The van der Waals surface area contributed by atoms with Crippen molar-refractivity contribution in [3.8, 4) is 0 Å². The maximum absolute atomic E-state index is 3.97. The van der Waals surface area contributed by atoms with Crippen molar-refractivity contribution in [2.75, 3.05) is 41.3 Å². The van der Waals surface area contributed by atoms with E-state index in [2.05, 4.69) is 135 Å². The Morgan fingerprint density at radius 3 is 1.66 bits per heavy atom. The SMILES string of the molecule is CCN(CC)c1ccc(C(c2ccc(N(CC)CC)cc2)c2ccc(NC3CCCCC3C)c3ccccc23)cc1. The molecule has 1 fully saturated rings. The van der Waals surface area contributed by atoms with Crippen LogP contribution in [0.3, 0.4) is 0 Å². The maximum Gasteiger partial charge on any atom is 0.0422 e. The summed E-state index contributed by atoms with van der Waals surface area (Å²) >= 11 is 0. The van der Waals surface area contributed by atoms with Crippen LogP contribution in [0.15, 0.2) is 84.9 Å². The molecule has 2 atom stereocenters. The van der Waals surface area contributed by atoms with Crippen LogP contribution in [-0.4, -0.2) is 32.2 Å². The molecule has 0 aliphatic heterocycles. The zero-order valence-corrected chi connectivity index (χ0v) is 25.9. The van der Waals surface area contributed by atoms with Crippen molar-refractivity contribution in [3.05, 3.63) is 102 Å². The first-order valence-electron chi connectivity index (χ1n) is 16.1. The van der Waals surface area contributed by atoms with Gasteiger partial charge >= 0.3 is 0 Å². The van der Waals surface area contributed by atoms with Gasteiger partial charge in [0, 0.05) is 60.6 Å². The Balaban J connectivity index is 1.60. The van der Waals surface area contributed by atoms with E-state index in [1.807, 2.05) is 0 Å². The Bertz CT molecular complexity index is 1330. The summed E-state index contributed by atoms with van der Waals surface area (Å²) in [7, 11) is 0. The number of benzene rings is 4. The summed E-state index contributed by atoms with van der Waals surface area (Å²) < 4.78 is 0. The first-order chi connectivity index (χ1) is 20.1. The Morgan fingerprint density at radius 1 is 0.634 bits per heavy atom. The van der Waals surface area contributed by atoms with Crippen LogP contribution < -0.4 is 15.1 Å². The highest BCUT2D eigenvalue weighted by molar-refractivity contribution is 5.97. The van der Waals surface area contributed by atoms with E-state index >= 15 is 0 Å². The fraction of sp³-hybridized carbons (Fsp3) is 0.421. The molecule has 1 saturated carbocycles. The third kappa shape index (κ3) is 6.25. The minimum atomic E-state index is 0.152. The Kier molecular flexibility index (Phi) is 9.54. The average molecular weight is 548 g/mol. The summed E-state index contributed by atoms with van der Waals surface area (Å²) in [5.74, 6) is 0.864. The minimum Gasteiger partial charge on any atom is -0.382 e. The predicted octanol–water partition coefficient (Wildman–Crippen LogP) is 9.70. The van der Waals surface area contributed by atoms with Gasteiger partial charge in [0.05, 0.1) is 0 Å². The molecule has 1 aliphatic rings. The lowest BCUT2D eigenvalue weighted by Gasteiger charge is -2.31. The molecular weight excluding hydrogens is 498 g/mol. The number of nitrogens with one attached hydrogen (secondary N) is 1. The van der Waals surface area contributed by atoms with Crippen molar-refractivity contribution in [2.45, 2.75) is 72.3 Å². The second-order valence-corrected chi connectivity index (χ2v) is 11.7. The summed E-state index contributed by atoms with van der Waals surface area (Å²) in [5, 5.41) is 6.64. The topological polar surface area (TPSA) is 18.5 Å². The average Bonchev–Trinajstić information content (AvgIpc) is 3.02. The Hall–Kier alpha value is -3.46. The van der Waals surface area contributed by atoms with Gasteiger partial charge in [-0.3, -0.25) is 0 Å². The third-order valence-corrected chi connectivity index (χ3v) is 9.43. The van der Waals surface area contributed by atoms with Gasteiger partial charge in [-0.15, -0.1) is 0 Å². The van der Waals surface area contributed by atoms with E-state index in [-0.39, 0.29) is 5.92 Å². The van der Waals surface area contributed by atoms with Crippen LogP contribution in [0.1, 0.15) is 82.9 Å². The Morgan fingerprint density at radius 2 is 1.15 bits per heavy atom. The second-order valence-electron chi connectivity index (χ2n) is 11.7. The van der Waals surface area contributed by atoms with Gasteiger partial charge < -0.3 is 15.1 Å². The molecule has 4 aromatic rings. The lowest BCUT2D eigenvalue weighted by Crippen LogP contribution is -2.30. The number of hydrogen-bond acceptors (Lipinski definition) is 3. The van der Waals surface area contributed by atoms with Gasteiger partial charge in [0.25, 0.3) is 0 Å². The second kappa shape index (κ2) is 13.5. The smallest absolute Gasteiger partial charge is 0.0422 e. The van der Waals surface area contributed by atoms with Gasteiger partial charge in [0.15, 0.2) is 0 Å². The van der Waals surface area contributed by atoms with Gasteiger partial charge in [-0.2, -0.15) is 0 Å². The number of fused-ring (bicyclic) bond motifs is 1. The standard InChI is InChI=1S/C38H49N3/c1-6-40(7-2)31-22-18-29(19-23-31)38(30-20-24-32(25-21-30)41(8-3)9-4)35-26-27-37(34-16-12-11-15-33(34)35)39-36-17-13-10-14-28(36)5/h11-12,15-16,18-28,36,38-39H,6-10,13-14,17H2,1-5H3. The molecule has 5 rings (SSSR count). The molecule has 4 aromatic carbocycles. The highest BCUT2D eigenvalue weighted by atomic mass is 15.1. The van der Waals surface area contributed by atoms with E-state index in [1.165, 1.54) is 70.2 Å². The summed E-state index contributed by atoms with van der Waals surface area (Å²) in [6.07, 6.45) is 5.27. The molecule has 0 bridgehead atoms. The quantitative estimate of drug-likeness (QED) is 0.189. The first kappa shape index (κ1) is 29.0. The molecule has 0 amide bonds. The fourth-order valence-electron chi connectivity index (χ4n) is 6.91. The fourth-order valence-corrected chi connectivity index (χ4v) is 6.91. The Labute approximate surface area is 248 Å². The van der Waals surface area contributed by atoms with Gasteiger partial charge in [0.1, 0.15) is 0 Å². The molecule has 216 valence electrons. The predicted molar refractivity (Wildman–Crippen MR) is 180 cm³/mol. The highest BCUT2D eigenvalue weighted by Gasteiger charge is 2.24. The summed E-state index contributed by atoms with van der Waals surface area (Å²) in [6, 6.07) is 32.9.